The lowest BCUT2D eigenvalue weighted by Crippen LogP contribution is -1.98. The second kappa shape index (κ2) is 3.11. The minimum Gasteiger partial charge on any atom is -0.292 e. The zero-order valence-corrected chi connectivity index (χ0v) is 5.79. The molecule has 0 aliphatic heterocycles. The van der Waals surface area contributed by atoms with Crippen LogP contribution in [0.15, 0.2) is 24.4 Å². The Kier molecular flexibility index (Phi) is 1.74. The normalized spacial score (nSPS) is 10.7. The van der Waals surface area contributed by atoms with Crippen LogP contribution in [0.25, 0.3) is 0 Å². The van der Waals surface area contributed by atoms with E-state index in [9.17, 15) is 4.79 Å². The van der Waals surface area contributed by atoms with Crippen LogP contribution in [0.3, 0.4) is 0 Å². The van der Waals surface area contributed by atoms with Crippen molar-refractivity contribution in [3.05, 3.63) is 30.1 Å². The number of carbonyl (C=O) groups is 1. The van der Waals surface area contributed by atoms with Crippen molar-refractivity contribution in [1.82, 2.24) is 4.98 Å². The third-order valence-corrected chi connectivity index (χ3v) is 1.22. The van der Waals surface area contributed by atoms with Crippen LogP contribution in [0, 0.1) is 0 Å². The Bertz CT molecular complexity index is 255. The van der Waals surface area contributed by atoms with E-state index >= 15 is 0 Å². The van der Waals surface area contributed by atoms with Gasteiger partial charge in [0.05, 0.1) is 1.37 Å². The summed E-state index contributed by atoms with van der Waals surface area (Å²) in [5.41, 5.74) is 0.448. The van der Waals surface area contributed by atoms with E-state index < -0.39 is 0 Å². The number of pyridine rings is 1. The minimum absolute atomic E-state index is 0.0185. The van der Waals surface area contributed by atoms with Crippen molar-refractivity contribution in [2.45, 2.75) is 13.3 Å². The zero-order valence-electron chi connectivity index (χ0n) is 6.79. The summed E-state index contributed by atoms with van der Waals surface area (Å²) >= 11 is 0. The Morgan fingerprint density at radius 1 is 1.90 bits per heavy atom. The van der Waals surface area contributed by atoms with Crippen LogP contribution in [0.2, 0.25) is 0 Å². The van der Waals surface area contributed by atoms with Crippen LogP contribution < -0.4 is 0 Å². The first-order valence-electron chi connectivity index (χ1n) is 3.70. The molecule has 0 unspecified atom stereocenters. The van der Waals surface area contributed by atoms with Crippen molar-refractivity contribution in [3.8, 4) is 0 Å². The Labute approximate surface area is 61.3 Å². The lowest BCUT2D eigenvalue weighted by Gasteiger charge is -1.92. The number of Topliss-reactive ketones (excluding diaryl/α,β-unsaturated/α-hetero) is 1. The molecule has 0 bridgehead atoms. The van der Waals surface area contributed by atoms with Gasteiger partial charge in [0.15, 0.2) is 5.78 Å². The number of hydrogen-bond acceptors (Lipinski definition) is 2. The van der Waals surface area contributed by atoms with Crippen molar-refractivity contribution in [2.24, 2.45) is 0 Å². The summed E-state index contributed by atoms with van der Waals surface area (Å²) in [6.07, 6.45) is 1.84. The van der Waals surface area contributed by atoms with Gasteiger partial charge >= 0.3 is 0 Å². The van der Waals surface area contributed by atoms with Gasteiger partial charge in [0.1, 0.15) is 5.69 Å². The van der Waals surface area contributed by atoms with Crippen LogP contribution in [-0.2, 0) is 0 Å². The molecule has 1 aromatic heterocycles. The SMILES string of the molecule is [3H]c1ccc(C(=O)CC)nc1. The number of aromatic nitrogens is 1. The third kappa shape index (κ3) is 1.41. The maximum Gasteiger partial charge on any atom is 0.180 e. The highest BCUT2D eigenvalue weighted by Crippen LogP contribution is 1.96. The van der Waals surface area contributed by atoms with E-state index in [1.54, 1.807) is 19.1 Å². The summed E-state index contributed by atoms with van der Waals surface area (Å²) in [6.45, 7) is 1.79. The maximum atomic E-state index is 11.0. The van der Waals surface area contributed by atoms with Gasteiger partial charge in [0, 0.05) is 12.6 Å². The summed E-state index contributed by atoms with van der Waals surface area (Å²) < 4.78 is 7.12. The van der Waals surface area contributed by atoms with Gasteiger partial charge in [-0.1, -0.05) is 13.0 Å². The van der Waals surface area contributed by atoms with Gasteiger partial charge in [-0.05, 0) is 12.1 Å². The molecule has 0 saturated heterocycles. The van der Waals surface area contributed by atoms with Crippen molar-refractivity contribution < 1.29 is 6.17 Å². The molecule has 0 aliphatic rings. The quantitative estimate of drug-likeness (QED) is 0.580. The molecule has 10 heavy (non-hydrogen) atoms. The highest BCUT2D eigenvalue weighted by molar-refractivity contribution is 5.93. The van der Waals surface area contributed by atoms with Gasteiger partial charge in [-0.3, -0.25) is 9.78 Å². The average Bonchev–Trinajstić information content (AvgIpc) is 2.05. The summed E-state index contributed by atoms with van der Waals surface area (Å²) in [4.78, 5) is 14.8. The predicted molar refractivity (Wildman–Crippen MR) is 38.9 cm³/mol. The lowest BCUT2D eigenvalue weighted by molar-refractivity contribution is 0.0983. The average molecular weight is 137 g/mol. The van der Waals surface area contributed by atoms with Crippen molar-refractivity contribution >= 4 is 5.78 Å². The maximum absolute atomic E-state index is 11.0. The summed E-state index contributed by atoms with van der Waals surface area (Å²) in [7, 11) is 0. The van der Waals surface area contributed by atoms with Crippen LogP contribution in [0.4, 0.5) is 0 Å². The van der Waals surface area contributed by atoms with E-state index in [-0.39, 0.29) is 5.78 Å². The van der Waals surface area contributed by atoms with E-state index in [0.717, 1.165) is 0 Å². The predicted octanol–water partition coefficient (Wildman–Crippen LogP) is 1.67. The molecule has 0 radical (unpaired) electrons. The smallest absolute Gasteiger partial charge is 0.180 e. The number of carbonyl (C=O) groups excluding carboxylic acids is 1. The number of nitrogens with zero attached hydrogens (tertiary/aromatic N) is 1. The van der Waals surface area contributed by atoms with Gasteiger partial charge in [0.2, 0.25) is 0 Å². The monoisotopic (exact) mass is 137 g/mol. The molecule has 0 aliphatic carbocycles. The molecular formula is C8H9NO. The second-order valence-corrected chi connectivity index (χ2v) is 1.92. The minimum atomic E-state index is 0.0185. The van der Waals surface area contributed by atoms with E-state index in [2.05, 4.69) is 4.98 Å². The molecule has 52 valence electrons. The molecule has 1 aromatic rings. The van der Waals surface area contributed by atoms with Gasteiger partial charge in [0.25, 0.3) is 0 Å². The molecule has 2 nitrogen and oxygen atoms in total. The molecule has 1 rings (SSSR count). The largest absolute Gasteiger partial charge is 0.292 e. The first-order valence-corrected chi connectivity index (χ1v) is 3.20. The molecule has 0 saturated carbocycles. The zero-order chi connectivity index (χ0) is 8.27. The van der Waals surface area contributed by atoms with E-state index in [1.807, 2.05) is 0 Å². The van der Waals surface area contributed by atoms with Crippen molar-refractivity contribution in [2.75, 3.05) is 0 Å². The van der Waals surface area contributed by atoms with Crippen LogP contribution in [0.5, 0.6) is 0 Å². The molecule has 0 amide bonds. The standard InChI is InChI=1S/C8H9NO/c1-2-8(10)7-5-3-4-6-9-7/h3-6H,2H2,1H3/i4T. The molecule has 2 heteroatoms. The van der Waals surface area contributed by atoms with E-state index in [1.165, 1.54) is 6.20 Å². The molecule has 0 N–H and O–H groups in total. The lowest BCUT2D eigenvalue weighted by atomic mass is 10.2. The van der Waals surface area contributed by atoms with Gasteiger partial charge in [-0.15, -0.1) is 0 Å². The van der Waals surface area contributed by atoms with Gasteiger partial charge < -0.3 is 0 Å². The Morgan fingerprint density at radius 3 is 3.20 bits per heavy atom. The number of ketones is 1. The van der Waals surface area contributed by atoms with Gasteiger partial charge in [-0.2, -0.15) is 0 Å². The molecule has 0 spiro atoms. The first-order chi connectivity index (χ1) is 5.24. The molecule has 0 fully saturated rings. The summed E-state index contributed by atoms with van der Waals surface area (Å²) in [5, 5.41) is 0. The van der Waals surface area contributed by atoms with E-state index in [4.69, 9.17) is 1.37 Å². The highest BCUT2D eigenvalue weighted by Gasteiger charge is 2.00. The van der Waals surface area contributed by atoms with Crippen molar-refractivity contribution in [3.63, 3.8) is 0 Å². The Morgan fingerprint density at radius 2 is 2.70 bits per heavy atom. The van der Waals surface area contributed by atoms with Crippen molar-refractivity contribution in [1.29, 1.82) is 0 Å². The first kappa shape index (κ1) is 5.59. The van der Waals surface area contributed by atoms with Gasteiger partial charge in [-0.25, -0.2) is 0 Å². The van der Waals surface area contributed by atoms with Crippen LogP contribution in [0.1, 0.15) is 25.2 Å². The Hall–Kier alpha value is -1.18. The number of rotatable bonds is 2. The fraction of sp³-hybridized carbons (Fsp3) is 0.250. The number of hydrogen-bond donors (Lipinski definition) is 0. The topological polar surface area (TPSA) is 30.0 Å². The summed E-state index contributed by atoms with van der Waals surface area (Å²) in [6, 6.07) is 3.47. The van der Waals surface area contributed by atoms with Crippen LogP contribution in [-0.4, -0.2) is 10.8 Å². The van der Waals surface area contributed by atoms with Crippen LogP contribution >= 0.6 is 0 Å². The van der Waals surface area contributed by atoms with E-state index in [0.29, 0.717) is 18.2 Å². The third-order valence-electron chi connectivity index (χ3n) is 1.22. The molecule has 0 atom stereocenters. The molecular weight excluding hydrogens is 126 g/mol. The molecule has 1 heterocycles. The molecule has 0 aromatic carbocycles. The second-order valence-electron chi connectivity index (χ2n) is 1.92. The highest BCUT2D eigenvalue weighted by atomic mass is 16.1. The fourth-order valence-corrected chi connectivity index (χ4v) is 0.666. The fourth-order valence-electron chi connectivity index (χ4n) is 0.666. The Balaban J connectivity index is 2.90. The summed E-state index contributed by atoms with van der Waals surface area (Å²) in [5.74, 6) is 0.0185.